The first kappa shape index (κ1) is 25.0. The zero-order valence-electron chi connectivity index (χ0n) is 20.5. The van der Waals surface area contributed by atoms with E-state index in [1.54, 1.807) is 21.0 Å². The second-order valence-electron chi connectivity index (χ2n) is 10.0. The average Bonchev–Trinajstić information content (AvgIpc) is 3.33. The summed E-state index contributed by atoms with van der Waals surface area (Å²) in [5.41, 5.74) is -0.595. The van der Waals surface area contributed by atoms with Crippen LogP contribution in [0.3, 0.4) is 0 Å². The summed E-state index contributed by atoms with van der Waals surface area (Å²) in [7, 11) is 1.60. The molecule has 4 rings (SSSR count). The Morgan fingerprint density at radius 2 is 1.69 bits per heavy atom. The van der Waals surface area contributed by atoms with Crippen LogP contribution in [0.1, 0.15) is 31.4 Å². The van der Waals surface area contributed by atoms with Gasteiger partial charge in [0.05, 0.1) is 18.6 Å². The van der Waals surface area contributed by atoms with Crippen LogP contribution in [0.5, 0.6) is 5.75 Å². The third-order valence-corrected chi connectivity index (χ3v) is 6.80. The third-order valence-electron chi connectivity index (χ3n) is 6.80. The summed E-state index contributed by atoms with van der Waals surface area (Å²) in [5.74, 6) is 0.385. The Morgan fingerprint density at radius 1 is 1.03 bits per heavy atom. The van der Waals surface area contributed by atoms with Gasteiger partial charge in [0.1, 0.15) is 24.6 Å². The van der Waals surface area contributed by atoms with Gasteiger partial charge in [-0.05, 0) is 37.1 Å². The van der Waals surface area contributed by atoms with E-state index in [0.29, 0.717) is 19.6 Å². The Hall–Kier alpha value is -3.13. The van der Waals surface area contributed by atoms with E-state index >= 15 is 4.39 Å². The Balaban J connectivity index is 1.30. The van der Waals surface area contributed by atoms with Crippen LogP contribution in [0, 0.1) is 5.41 Å². The molecule has 35 heavy (non-hydrogen) atoms. The van der Waals surface area contributed by atoms with Crippen molar-refractivity contribution in [2.75, 3.05) is 33.3 Å². The van der Waals surface area contributed by atoms with Crippen molar-refractivity contribution in [1.82, 2.24) is 9.80 Å². The van der Waals surface area contributed by atoms with Crippen LogP contribution < -0.4 is 4.74 Å². The number of benzene rings is 2. The van der Waals surface area contributed by atoms with Gasteiger partial charge in [-0.2, -0.15) is 0 Å². The maximum Gasteiger partial charge on any atom is 0.410 e. The van der Waals surface area contributed by atoms with Gasteiger partial charge < -0.3 is 19.1 Å². The first-order valence-electron chi connectivity index (χ1n) is 11.9. The number of methoxy groups -OCH3 is 1. The van der Waals surface area contributed by atoms with Crippen LogP contribution in [0.25, 0.3) is 0 Å². The summed E-state index contributed by atoms with van der Waals surface area (Å²) in [6.07, 6.45) is -0.241. The number of likely N-dealkylation sites (tertiary alicyclic amines) is 2. The van der Waals surface area contributed by atoms with Crippen molar-refractivity contribution in [3.63, 3.8) is 0 Å². The number of carbonyl (C=O) groups is 2. The fourth-order valence-electron chi connectivity index (χ4n) is 4.87. The van der Waals surface area contributed by atoms with Crippen molar-refractivity contribution < 1.29 is 28.2 Å². The molecule has 1 amide bonds. The smallest absolute Gasteiger partial charge is 0.410 e. The molecule has 2 atom stereocenters. The number of hydrogen-bond acceptors (Lipinski definition) is 6. The number of hydrogen-bond donors (Lipinski definition) is 0. The van der Waals surface area contributed by atoms with Gasteiger partial charge >= 0.3 is 12.1 Å². The molecule has 2 unspecified atom stereocenters. The Bertz CT molecular complexity index is 1030. The predicted octanol–water partition coefficient (Wildman–Crippen LogP) is 4.20. The van der Waals surface area contributed by atoms with E-state index in [4.69, 9.17) is 14.2 Å². The van der Waals surface area contributed by atoms with Crippen LogP contribution in [0.2, 0.25) is 0 Å². The van der Waals surface area contributed by atoms with Gasteiger partial charge in [-0.3, -0.25) is 9.69 Å². The molecule has 7 nitrogen and oxygen atoms in total. The van der Waals surface area contributed by atoms with Crippen LogP contribution in [-0.2, 0) is 27.5 Å². The molecule has 2 aromatic rings. The highest BCUT2D eigenvalue weighted by Gasteiger charge is 2.56. The number of alkyl halides is 1. The summed E-state index contributed by atoms with van der Waals surface area (Å²) >= 11 is 0. The first-order chi connectivity index (χ1) is 16.7. The van der Waals surface area contributed by atoms with Gasteiger partial charge in [0.25, 0.3) is 0 Å². The van der Waals surface area contributed by atoms with Gasteiger partial charge in [-0.15, -0.1) is 0 Å². The van der Waals surface area contributed by atoms with Crippen LogP contribution >= 0.6 is 0 Å². The normalized spacial score (nSPS) is 22.1. The average molecular weight is 485 g/mol. The van der Waals surface area contributed by atoms with Crippen molar-refractivity contribution in [1.29, 1.82) is 0 Å². The highest BCUT2D eigenvalue weighted by atomic mass is 19.1. The maximum atomic E-state index is 15.7. The Kier molecular flexibility index (Phi) is 7.31. The molecule has 0 saturated carbocycles. The second kappa shape index (κ2) is 10.2. The molecule has 2 heterocycles. The van der Waals surface area contributed by atoms with Crippen molar-refractivity contribution >= 4 is 12.1 Å². The molecule has 2 aliphatic heterocycles. The summed E-state index contributed by atoms with van der Waals surface area (Å²) in [5, 5.41) is 0. The minimum Gasteiger partial charge on any atom is -0.497 e. The largest absolute Gasteiger partial charge is 0.497 e. The minimum absolute atomic E-state index is 0.152. The van der Waals surface area contributed by atoms with Crippen molar-refractivity contribution in [3.8, 4) is 5.75 Å². The fourth-order valence-corrected chi connectivity index (χ4v) is 4.87. The number of rotatable bonds is 8. The molecule has 2 fully saturated rings. The van der Waals surface area contributed by atoms with Crippen molar-refractivity contribution in [2.24, 2.45) is 5.41 Å². The number of esters is 1. The van der Waals surface area contributed by atoms with Crippen LogP contribution in [0.15, 0.2) is 54.6 Å². The topological polar surface area (TPSA) is 68.3 Å². The molecule has 8 heteroatoms. The first-order valence-corrected chi connectivity index (χ1v) is 11.9. The molecule has 0 radical (unpaired) electrons. The van der Waals surface area contributed by atoms with E-state index < -0.39 is 23.2 Å². The lowest BCUT2D eigenvalue weighted by atomic mass is 9.93. The fraction of sp³-hybridized carbons (Fsp3) is 0.481. The Morgan fingerprint density at radius 3 is 2.37 bits per heavy atom. The molecule has 0 N–H and O–H groups in total. The number of halogens is 1. The Labute approximate surface area is 205 Å². The SMILES string of the molecule is COc1ccc(COC(=O)C(C)(C)CN2CC3N(C(=O)OCc4ccccc4)CCC3(F)C2)cc1. The lowest BCUT2D eigenvalue weighted by molar-refractivity contribution is -0.156. The maximum absolute atomic E-state index is 15.7. The molecular formula is C27H33FN2O5. The molecule has 2 aromatic carbocycles. The molecule has 0 bridgehead atoms. The molecular weight excluding hydrogens is 451 g/mol. The highest BCUT2D eigenvalue weighted by Crippen LogP contribution is 2.40. The number of carbonyl (C=O) groups excluding carboxylic acids is 2. The minimum atomic E-state index is -1.51. The summed E-state index contributed by atoms with van der Waals surface area (Å²) in [4.78, 5) is 28.9. The van der Waals surface area contributed by atoms with Gasteiger partial charge in [0, 0.05) is 32.6 Å². The van der Waals surface area contributed by atoms with E-state index in [1.165, 1.54) is 4.90 Å². The van der Waals surface area contributed by atoms with Gasteiger partial charge in [-0.1, -0.05) is 42.5 Å². The number of amides is 1. The number of nitrogens with zero attached hydrogens (tertiary/aromatic N) is 2. The molecule has 0 spiro atoms. The molecule has 2 saturated heterocycles. The van der Waals surface area contributed by atoms with E-state index in [-0.39, 0.29) is 32.1 Å². The standard InChI is InChI=1S/C27H33FN2O5/c1-26(2,24(31)34-16-21-9-11-22(33-3)12-10-21)18-29-15-23-27(28,19-29)13-14-30(23)25(32)35-17-20-7-5-4-6-8-20/h4-12,23H,13-19H2,1-3H3. The zero-order chi connectivity index (χ0) is 25.1. The molecule has 2 aliphatic rings. The molecule has 0 aromatic heterocycles. The third kappa shape index (κ3) is 5.75. The summed E-state index contributed by atoms with van der Waals surface area (Å²) in [6.45, 7) is 5.10. The highest BCUT2D eigenvalue weighted by molar-refractivity contribution is 5.76. The summed E-state index contributed by atoms with van der Waals surface area (Å²) in [6, 6.07) is 16.1. The van der Waals surface area contributed by atoms with E-state index in [1.807, 2.05) is 59.5 Å². The van der Waals surface area contributed by atoms with E-state index in [9.17, 15) is 9.59 Å². The van der Waals surface area contributed by atoms with E-state index in [0.717, 1.165) is 16.9 Å². The number of ether oxygens (including phenoxy) is 3. The summed E-state index contributed by atoms with van der Waals surface area (Å²) < 4.78 is 31.8. The quantitative estimate of drug-likeness (QED) is 0.523. The second-order valence-corrected chi connectivity index (χ2v) is 10.0. The predicted molar refractivity (Wildman–Crippen MR) is 129 cm³/mol. The van der Waals surface area contributed by atoms with Crippen molar-refractivity contribution in [3.05, 3.63) is 65.7 Å². The molecule has 0 aliphatic carbocycles. The van der Waals surface area contributed by atoms with Crippen LogP contribution in [0.4, 0.5) is 9.18 Å². The van der Waals surface area contributed by atoms with Gasteiger partial charge in [-0.25, -0.2) is 9.18 Å². The van der Waals surface area contributed by atoms with Gasteiger partial charge in [0.15, 0.2) is 0 Å². The number of fused-ring (bicyclic) bond motifs is 1. The lowest BCUT2D eigenvalue weighted by Gasteiger charge is -2.29. The van der Waals surface area contributed by atoms with E-state index in [2.05, 4.69) is 0 Å². The van der Waals surface area contributed by atoms with Crippen molar-refractivity contribution in [2.45, 2.75) is 45.2 Å². The molecule has 188 valence electrons. The zero-order valence-corrected chi connectivity index (χ0v) is 20.5. The van der Waals surface area contributed by atoms with Crippen LogP contribution in [-0.4, -0.2) is 66.9 Å². The van der Waals surface area contributed by atoms with Gasteiger partial charge in [0.2, 0.25) is 0 Å². The lowest BCUT2D eigenvalue weighted by Crippen LogP contribution is -2.44. The monoisotopic (exact) mass is 484 g/mol.